The Morgan fingerprint density at radius 2 is 1.87 bits per heavy atom. The third kappa shape index (κ3) is 3.55. The predicted octanol–water partition coefficient (Wildman–Crippen LogP) is 0.682. The normalized spacial score (nSPS) is 22.9. The summed E-state index contributed by atoms with van der Waals surface area (Å²) in [5.74, 6) is -0.429. The van der Waals surface area contributed by atoms with Gasteiger partial charge in [-0.2, -0.15) is 4.31 Å². The molecular weight excluding hydrogens is 320 g/mol. The summed E-state index contributed by atoms with van der Waals surface area (Å²) < 4.78 is 37.4. The number of sulfonamides is 1. The Morgan fingerprint density at radius 3 is 2.57 bits per heavy atom. The van der Waals surface area contributed by atoms with Crippen LogP contribution in [0.4, 0.5) is 5.69 Å². The number of morpholine rings is 1. The maximum absolute atomic E-state index is 12.8. The minimum atomic E-state index is -3.65. The van der Waals surface area contributed by atoms with Gasteiger partial charge in [-0.1, -0.05) is 12.1 Å². The van der Waals surface area contributed by atoms with Crippen LogP contribution in [-0.2, 0) is 24.3 Å². The Hall–Kier alpha value is -1.48. The van der Waals surface area contributed by atoms with Gasteiger partial charge in [0.1, 0.15) is 4.90 Å². The zero-order valence-electron chi connectivity index (χ0n) is 12.7. The summed E-state index contributed by atoms with van der Waals surface area (Å²) >= 11 is 0. The fourth-order valence-electron chi connectivity index (χ4n) is 2.70. The summed E-state index contributed by atoms with van der Waals surface area (Å²) in [5, 5.41) is 2.74. The second-order valence-corrected chi connectivity index (χ2v) is 7.47. The van der Waals surface area contributed by atoms with Gasteiger partial charge in [0.2, 0.25) is 15.9 Å². The van der Waals surface area contributed by atoms with Crippen molar-refractivity contribution >= 4 is 21.6 Å². The summed E-state index contributed by atoms with van der Waals surface area (Å²) in [5.41, 5.74) is 0.316. The Morgan fingerprint density at radius 1 is 1.13 bits per heavy atom. The molecule has 8 heteroatoms. The van der Waals surface area contributed by atoms with E-state index in [1.54, 1.807) is 18.2 Å². The summed E-state index contributed by atoms with van der Waals surface area (Å²) in [6, 6.07) is 6.49. The monoisotopic (exact) mass is 340 g/mol. The summed E-state index contributed by atoms with van der Waals surface area (Å²) in [6.07, 6.45) is 0.657. The molecule has 0 unspecified atom stereocenters. The van der Waals surface area contributed by atoms with Crippen molar-refractivity contribution < 1.29 is 22.7 Å². The molecule has 23 heavy (non-hydrogen) atoms. The number of benzene rings is 1. The van der Waals surface area contributed by atoms with Gasteiger partial charge >= 0.3 is 0 Å². The zero-order valence-corrected chi connectivity index (χ0v) is 13.5. The van der Waals surface area contributed by atoms with Crippen molar-refractivity contribution in [2.45, 2.75) is 11.3 Å². The minimum absolute atomic E-state index is 0.120. The summed E-state index contributed by atoms with van der Waals surface area (Å²) in [4.78, 5) is 12.4. The van der Waals surface area contributed by atoms with E-state index in [0.717, 1.165) is 0 Å². The largest absolute Gasteiger partial charge is 0.381 e. The number of amides is 1. The molecule has 1 atom stereocenters. The van der Waals surface area contributed by atoms with Crippen molar-refractivity contribution in [3.05, 3.63) is 24.3 Å². The number of rotatable bonds is 4. The molecule has 2 saturated heterocycles. The van der Waals surface area contributed by atoms with Gasteiger partial charge in [0, 0.05) is 19.7 Å². The van der Waals surface area contributed by atoms with Crippen LogP contribution in [0.1, 0.15) is 6.42 Å². The summed E-state index contributed by atoms with van der Waals surface area (Å²) in [7, 11) is -3.65. The molecule has 7 nitrogen and oxygen atoms in total. The number of hydrogen-bond donors (Lipinski definition) is 1. The van der Waals surface area contributed by atoms with Crippen LogP contribution in [-0.4, -0.2) is 58.1 Å². The third-order valence-corrected chi connectivity index (χ3v) is 5.99. The van der Waals surface area contributed by atoms with Gasteiger partial charge in [-0.15, -0.1) is 0 Å². The molecule has 3 rings (SSSR count). The molecule has 2 aliphatic rings. The molecule has 1 aromatic rings. The van der Waals surface area contributed by atoms with Crippen LogP contribution in [0.25, 0.3) is 0 Å². The SMILES string of the molecule is O=C(Nc1ccccc1S(=O)(=O)N1CCOCC1)[C@@H]1CCOC1. The lowest BCUT2D eigenvalue weighted by Gasteiger charge is -2.27. The molecular formula is C15H20N2O5S. The average molecular weight is 340 g/mol. The molecule has 0 saturated carbocycles. The number of carbonyl (C=O) groups is 1. The molecule has 2 fully saturated rings. The number of nitrogens with zero attached hydrogens (tertiary/aromatic N) is 1. The van der Waals surface area contributed by atoms with E-state index in [2.05, 4.69) is 5.32 Å². The Kier molecular flexibility index (Phi) is 4.96. The number of hydrogen-bond acceptors (Lipinski definition) is 5. The fourth-order valence-corrected chi connectivity index (χ4v) is 4.25. The first-order chi connectivity index (χ1) is 11.1. The molecule has 126 valence electrons. The van der Waals surface area contributed by atoms with E-state index in [1.165, 1.54) is 10.4 Å². The topological polar surface area (TPSA) is 84.9 Å². The highest BCUT2D eigenvalue weighted by atomic mass is 32.2. The van der Waals surface area contributed by atoms with E-state index >= 15 is 0 Å². The maximum atomic E-state index is 12.8. The lowest BCUT2D eigenvalue weighted by molar-refractivity contribution is -0.119. The Bertz CT molecular complexity index is 664. The smallest absolute Gasteiger partial charge is 0.245 e. The lowest BCUT2D eigenvalue weighted by atomic mass is 10.1. The van der Waals surface area contributed by atoms with Crippen LogP contribution in [0.15, 0.2) is 29.2 Å². The van der Waals surface area contributed by atoms with E-state index in [4.69, 9.17) is 9.47 Å². The van der Waals surface area contributed by atoms with Crippen molar-refractivity contribution in [2.75, 3.05) is 44.8 Å². The average Bonchev–Trinajstić information content (AvgIpc) is 3.11. The Labute approximate surface area is 135 Å². The van der Waals surface area contributed by atoms with Crippen molar-refractivity contribution in [1.29, 1.82) is 0 Å². The molecule has 0 spiro atoms. The number of carbonyl (C=O) groups excluding carboxylic acids is 1. The van der Waals surface area contributed by atoms with Gasteiger partial charge in [-0.05, 0) is 18.6 Å². The van der Waals surface area contributed by atoms with Crippen molar-refractivity contribution in [3.8, 4) is 0 Å². The number of nitrogens with one attached hydrogen (secondary N) is 1. The van der Waals surface area contributed by atoms with Crippen LogP contribution in [0.2, 0.25) is 0 Å². The number of ether oxygens (including phenoxy) is 2. The third-order valence-electron chi connectivity index (χ3n) is 4.03. The first-order valence-electron chi connectivity index (χ1n) is 7.64. The highest BCUT2D eigenvalue weighted by Gasteiger charge is 2.30. The van der Waals surface area contributed by atoms with Gasteiger partial charge in [-0.25, -0.2) is 8.42 Å². The molecule has 1 aromatic carbocycles. The van der Waals surface area contributed by atoms with Gasteiger partial charge in [-0.3, -0.25) is 4.79 Å². The van der Waals surface area contributed by atoms with Crippen molar-refractivity contribution in [3.63, 3.8) is 0 Å². The predicted molar refractivity (Wildman–Crippen MR) is 83.6 cm³/mol. The van der Waals surface area contributed by atoms with Crippen LogP contribution in [0.5, 0.6) is 0 Å². The van der Waals surface area contributed by atoms with E-state index in [-0.39, 0.29) is 16.7 Å². The standard InChI is InChI=1S/C15H20N2O5S/c18-15(12-5-8-22-11-12)16-13-3-1-2-4-14(13)23(19,20)17-6-9-21-10-7-17/h1-4,12H,5-11H2,(H,16,18)/t12-/m1/s1. The molecule has 0 radical (unpaired) electrons. The maximum Gasteiger partial charge on any atom is 0.245 e. The number of para-hydroxylation sites is 1. The molecule has 2 heterocycles. The van der Waals surface area contributed by atoms with Crippen LogP contribution in [0, 0.1) is 5.92 Å². The second kappa shape index (κ2) is 6.96. The molecule has 1 amide bonds. The van der Waals surface area contributed by atoms with Gasteiger partial charge in [0.05, 0.1) is 31.4 Å². The quantitative estimate of drug-likeness (QED) is 0.871. The van der Waals surface area contributed by atoms with Crippen LogP contribution >= 0.6 is 0 Å². The van der Waals surface area contributed by atoms with Crippen molar-refractivity contribution in [1.82, 2.24) is 4.31 Å². The van der Waals surface area contributed by atoms with Gasteiger partial charge in [0.25, 0.3) is 0 Å². The van der Waals surface area contributed by atoms with E-state index < -0.39 is 10.0 Å². The molecule has 0 aromatic heterocycles. The van der Waals surface area contributed by atoms with Crippen LogP contribution in [0.3, 0.4) is 0 Å². The number of anilines is 1. The Balaban J connectivity index is 1.83. The fraction of sp³-hybridized carbons (Fsp3) is 0.533. The highest BCUT2D eigenvalue weighted by molar-refractivity contribution is 7.89. The van der Waals surface area contributed by atoms with Gasteiger partial charge in [0.15, 0.2) is 0 Å². The second-order valence-electron chi connectivity index (χ2n) is 5.56. The molecule has 0 aliphatic carbocycles. The van der Waals surface area contributed by atoms with Crippen LogP contribution < -0.4 is 5.32 Å². The lowest BCUT2D eigenvalue weighted by Crippen LogP contribution is -2.41. The van der Waals surface area contributed by atoms with E-state index in [1.807, 2.05) is 0 Å². The van der Waals surface area contributed by atoms with E-state index in [9.17, 15) is 13.2 Å². The minimum Gasteiger partial charge on any atom is -0.381 e. The molecule has 2 aliphatic heterocycles. The highest BCUT2D eigenvalue weighted by Crippen LogP contribution is 2.26. The molecule has 1 N–H and O–H groups in total. The first-order valence-corrected chi connectivity index (χ1v) is 9.08. The first kappa shape index (κ1) is 16.4. The van der Waals surface area contributed by atoms with E-state index in [0.29, 0.717) is 51.6 Å². The summed E-state index contributed by atoms with van der Waals surface area (Å²) in [6.45, 7) is 2.35. The zero-order chi connectivity index (χ0) is 16.3. The van der Waals surface area contributed by atoms with Crippen molar-refractivity contribution in [2.24, 2.45) is 5.92 Å². The van der Waals surface area contributed by atoms with Gasteiger partial charge < -0.3 is 14.8 Å². The molecule has 0 bridgehead atoms.